The molecule has 202 valence electrons. The fraction of sp³-hybridized carbons (Fsp3) is 0.0323. The first-order valence-electron chi connectivity index (χ1n) is 12.5. The topological polar surface area (TPSA) is 70.9 Å². The number of nitrogens with zero attached hydrogens (tertiary/aromatic N) is 2. The summed E-state index contributed by atoms with van der Waals surface area (Å²) in [5, 5.41) is 0. The van der Waals surface area contributed by atoms with Crippen molar-refractivity contribution in [3.05, 3.63) is 152 Å². The largest absolute Gasteiger partial charge is 0.486 e. The molecule has 0 N–H and O–H groups in total. The van der Waals surface area contributed by atoms with Crippen LogP contribution in [0.3, 0.4) is 0 Å². The second-order valence-corrected chi connectivity index (χ2v) is 12.7. The Kier molecular flexibility index (Phi) is 8.87. The molecule has 0 heterocycles. The number of hydrogen-bond acceptors (Lipinski definition) is 6. The summed E-state index contributed by atoms with van der Waals surface area (Å²) in [5.41, 5.74) is 0. The van der Waals surface area contributed by atoms with Gasteiger partial charge in [-0.05, 0) is 60.7 Å². The molecule has 0 aliphatic rings. The maximum absolute atomic E-state index is 6.50. The van der Waals surface area contributed by atoms with Crippen LogP contribution in [0.15, 0.2) is 161 Å². The molecule has 0 spiro atoms. The van der Waals surface area contributed by atoms with Crippen LogP contribution in [0.4, 0.5) is 0 Å². The number of hydrogen-bond donors (Lipinski definition) is 0. The van der Waals surface area contributed by atoms with Crippen LogP contribution in [-0.2, 0) is 0 Å². The lowest BCUT2D eigenvalue weighted by atomic mass is 10.3. The first-order valence-corrected chi connectivity index (χ1v) is 16.1. The van der Waals surface area contributed by atoms with E-state index in [4.69, 9.17) is 27.4 Å². The van der Waals surface area contributed by atoms with Gasteiger partial charge in [-0.3, -0.25) is 0 Å². The molecule has 5 rings (SSSR count). The van der Waals surface area contributed by atoms with E-state index in [9.17, 15) is 0 Å². The van der Waals surface area contributed by atoms with Crippen molar-refractivity contribution in [2.24, 2.45) is 9.42 Å². The summed E-state index contributed by atoms with van der Waals surface area (Å²) in [7, 11) is -6.85. The van der Waals surface area contributed by atoms with Gasteiger partial charge in [0.05, 0.1) is 0 Å². The van der Waals surface area contributed by atoms with E-state index in [-0.39, 0.29) is 0 Å². The molecule has 7 nitrogen and oxygen atoms in total. The van der Waals surface area contributed by atoms with Gasteiger partial charge in [0.2, 0.25) is 0 Å². The zero-order valence-electron chi connectivity index (χ0n) is 21.8. The van der Waals surface area contributed by atoms with Crippen LogP contribution in [0.1, 0.15) is 0 Å². The summed E-state index contributed by atoms with van der Waals surface area (Å²) in [5.74, 6) is 2.67. The maximum atomic E-state index is 6.50. The normalized spacial score (nSPS) is 11.1. The summed E-state index contributed by atoms with van der Waals surface area (Å²) >= 11 is 0. The molecule has 0 aromatic heterocycles. The second-order valence-electron chi connectivity index (χ2n) is 8.49. The van der Waals surface area contributed by atoms with Crippen molar-refractivity contribution < 1.29 is 22.9 Å². The van der Waals surface area contributed by atoms with E-state index in [0.717, 1.165) is 0 Å². The van der Waals surface area contributed by atoms with Gasteiger partial charge in [0, 0.05) is 11.6 Å². The van der Waals surface area contributed by atoms with Crippen molar-refractivity contribution in [1.29, 1.82) is 0 Å². The Balaban J connectivity index is 1.70. The lowest BCUT2D eigenvalue weighted by Gasteiger charge is -2.26. The lowest BCUT2D eigenvalue weighted by molar-refractivity contribution is 0.324. The monoisotopic (exact) mass is 570 g/mol. The van der Waals surface area contributed by atoms with E-state index in [1.165, 1.54) is 0 Å². The average Bonchev–Trinajstić information content (AvgIpc) is 2.98. The molecule has 0 saturated carbocycles. The van der Waals surface area contributed by atoms with Crippen LogP contribution < -0.4 is 22.9 Å². The molecule has 0 fully saturated rings. The third kappa shape index (κ3) is 7.79. The van der Waals surface area contributed by atoms with Crippen LogP contribution in [0.25, 0.3) is 0 Å². The van der Waals surface area contributed by atoms with Crippen molar-refractivity contribution in [3.8, 4) is 28.7 Å². The minimum atomic E-state index is -3.67. The van der Waals surface area contributed by atoms with Crippen LogP contribution in [0.5, 0.6) is 28.7 Å². The summed E-state index contributed by atoms with van der Waals surface area (Å²) in [6.07, 6.45) is 0. The van der Waals surface area contributed by atoms with Gasteiger partial charge in [0.25, 0.3) is 0 Å². The third-order valence-electron chi connectivity index (χ3n) is 5.24. The number of para-hydroxylation sites is 5. The van der Waals surface area contributed by atoms with Gasteiger partial charge < -0.3 is 22.9 Å². The Morgan fingerprint density at radius 2 is 0.700 bits per heavy atom. The molecule has 0 amide bonds. The molecule has 9 heteroatoms. The quantitative estimate of drug-likeness (QED) is 0.117. The molecule has 5 aromatic rings. The number of benzene rings is 5. The molecule has 5 aromatic carbocycles. The summed E-state index contributed by atoms with van der Waals surface area (Å²) < 4.78 is 31.0. The Morgan fingerprint density at radius 3 is 1.05 bits per heavy atom. The molecular weight excluding hydrogens is 542 g/mol. The molecular formula is C31H28N2O5P2. The van der Waals surface area contributed by atoms with Crippen molar-refractivity contribution in [2.75, 3.05) is 6.66 Å². The van der Waals surface area contributed by atoms with E-state index >= 15 is 0 Å². The van der Waals surface area contributed by atoms with E-state index in [2.05, 4.69) is 4.91 Å². The average molecular weight is 571 g/mol. The molecule has 0 unspecified atom stereocenters. The van der Waals surface area contributed by atoms with Gasteiger partial charge >= 0.3 is 15.2 Å². The van der Waals surface area contributed by atoms with E-state index in [0.29, 0.717) is 28.7 Å². The van der Waals surface area contributed by atoms with Crippen molar-refractivity contribution in [3.63, 3.8) is 0 Å². The van der Waals surface area contributed by atoms with Gasteiger partial charge in [0.15, 0.2) is 5.75 Å². The molecule has 40 heavy (non-hydrogen) atoms. The molecule has 0 atom stereocenters. The lowest BCUT2D eigenvalue weighted by Crippen LogP contribution is -2.06. The zero-order chi connectivity index (χ0) is 27.5. The molecule has 0 aliphatic heterocycles. The van der Waals surface area contributed by atoms with Gasteiger partial charge in [-0.2, -0.15) is 0 Å². The predicted octanol–water partition coefficient (Wildman–Crippen LogP) is 9.90. The van der Waals surface area contributed by atoms with E-state index < -0.39 is 15.2 Å². The highest BCUT2D eigenvalue weighted by Gasteiger charge is 2.34. The highest BCUT2D eigenvalue weighted by Crippen LogP contribution is 2.63. The first-order chi connectivity index (χ1) is 19.6. The maximum Gasteiger partial charge on any atom is 0.486 e. The fourth-order valence-electron chi connectivity index (χ4n) is 3.54. The van der Waals surface area contributed by atoms with Crippen LogP contribution in [-0.4, -0.2) is 6.66 Å². The van der Waals surface area contributed by atoms with Crippen LogP contribution in [0, 0.1) is 0 Å². The predicted molar refractivity (Wildman–Crippen MR) is 160 cm³/mol. The smallest absolute Gasteiger partial charge is 0.430 e. The molecule has 0 radical (unpaired) electrons. The van der Waals surface area contributed by atoms with E-state index in [1.807, 2.05) is 140 Å². The van der Waals surface area contributed by atoms with Crippen molar-refractivity contribution in [2.45, 2.75) is 0 Å². The summed E-state index contributed by atoms with van der Waals surface area (Å²) in [6, 6.07) is 46.4. The molecule has 0 saturated heterocycles. The van der Waals surface area contributed by atoms with E-state index in [1.54, 1.807) is 18.8 Å². The van der Waals surface area contributed by atoms with Gasteiger partial charge in [-0.15, -0.1) is 4.52 Å². The Morgan fingerprint density at radius 1 is 0.400 bits per heavy atom. The summed E-state index contributed by atoms with van der Waals surface area (Å²) in [4.78, 5) is 10.5. The van der Waals surface area contributed by atoms with Gasteiger partial charge in [-0.25, -0.2) is 0 Å². The van der Waals surface area contributed by atoms with Crippen molar-refractivity contribution >= 4 is 15.2 Å². The minimum absolute atomic E-state index is 0.502. The van der Waals surface area contributed by atoms with Crippen LogP contribution in [0.2, 0.25) is 0 Å². The highest BCUT2D eigenvalue weighted by molar-refractivity contribution is 7.67. The molecule has 0 aliphatic carbocycles. The van der Waals surface area contributed by atoms with Gasteiger partial charge in [0.1, 0.15) is 23.0 Å². The van der Waals surface area contributed by atoms with Crippen molar-refractivity contribution in [1.82, 2.24) is 0 Å². The first kappa shape index (κ1) is 27.1. The van der Waals surface area contributed by atoms with Crippen LogP contribution >= 0.6 is 15.2 Å². The molecule has 0 bridgehead atoms. The zero-order valence-corrected chi connectivity index (χ0v) is 23.6. The van der Waals surface area contributed by atoms with Gasteiger partial charge in [-0.1, -0.05) is 91.0 Å². The Labute approximate surface area is 234 Å². The third-order valence-corrected chi connectivity index (χ3v) is 9.73. The Hall–Kier alpha value is -4.44. The SMILES string of the molecule is CP(=NP(=NOc1ccccc1)(Oc1ccccc1)Oc1ccccc1)(Oc1ccccc1)Oc1ccccc1. The standard InChI is InChI=1S/C31H28N2O5P2/c1-39(35-28-19-9-3-10-20-28,36-29-21-11-4-12-22-29)33-40(37-30-23-13-5-14-24-30,38-31-25-15-6-16-26-31)32-34-27-17-7-2-8-18-27/h2-26H,1H3. The summed E-state index contributed by atoms with van der Waals surface area (Å²) in [6.45, 7) is 1.79. The fourth-order valence-corrected chi connectivity index (χ4v) is 8.05. The Bertz CT molecular complexity index is 1500. The second kappa shape index (κ2) is 13.1. The number of rotatable bonds is 11. The minimum Gasteiger partial charge on any atom is -0.430 e. The highest BCUT2D eigenvalue weighted by atomic mass is 31.2.